The van der Waals surface area contributed by atoms with Crippen molar-refractivity contribution in [1.29, 1.82) is 0 Å². The number of unbranched alkanes of at least 4 members (excludes halogenated alkanes) is 4. The van der Waals surface area contributed by atoms with E-state index in [0.29, 0.717) is 0 Å². The molecular weight excluding hydrogens is 212 g/mol. The summed E-state index contributed by atoms with van der Waals surface area (Å²) in [5, 5.41) is 0. The summed E-state index contributed by atoms with van der Waals surface area (Å²) in [4.78, 5) is 11.5. The van der Waals surface area contributed by atoms with Gasteiger partial charge in [0, 0.05) is 0 Å². The second-order valence-corrected chi connectivity index (χ2v) is 4.57. The minimum absolute atomic E-state index is 0.0578. The fraction of sp³-hybridized carbons (Fsp3) is 0.800. The van der Waals surface area contributed by atoms with Crippen LogP contribution < -0.4 is 0 Å². The predicted octanol–water partition coefficient (Wildman–Crippen LogP) is 4.49. The van der Waals surface area contributed by atoms with Crippen LogP contribution in [0.2, 0.25) is 0 Å². The molecule has 0 rings (SSSR count). The zero-order chi connectivity index (χ0) is 12.9. The first-order valence-corrected chi connectivity index (χ1v) is 6.99. The zero-order valence-electron chi connectivity index (χ0n) is 11.7. The summed E-state index contributed by atoms with van der Waals surface area (Å²) in [7, 11) is 1.48. The summed E-state index contributed by atoms with van der Waals surface area (Å²) in [6.45, 7) is 4.36. The summed E-state index contributed by atoms with van der Waals surface area (Å²) >= 11 is 0. The van der Waals surface area contributed by atoms with Crippen molar-refractivity contribution in [2.75, 3.05) is 7.11 Å². The van der Waals surface area contributed by atoms with Crippen molar-refractivity contribution in [3.63, 3.8) is 0 Å². The Morgan fingerprint density at radius 3 is 2.41 bits per heavy atom. The van der Waals surface area contributed by atoms with Gasteiger partial charge in [0.15, 0.2) is 0 Å². The van der Waals surface area contributed by atoms with Gasteiger partial charge in [0.2, 0.25) is 0 Å². The first-order chi connectivity index (χ1) is 8.26. The molecule has 1 unspecified atom stereocenters. The van der Waals surface area contributed by atoms with E-state index in [1.807, 2.05) is 0 Å². The van der Waals surface area contributed by atoms with Gasteiger partial charge in [-0.1, -0.05) is 51.7 Å². The second-order valence-electron chi connectivity index (χ2n) is 4.57. The van der Waals surface area contributed by atoms with Crippen molar-refractivity contribution in [1.82, 2.24) is 0 Å². The number of rotatable bonds is 10. The molecule has 0 spiro atoms. The average molecular weight is 240 g/mol. The molecule has 0 bridgehead atoms. The number of allylic oxidation sites excluding steroid dienone is 2. The van der Waals surface area contributed by atoms with Gasteiger partial charge in [0.1, 0.15) is 0 Å². The molecule has 0 fully saturated rings. The molecule has 0 aliphatic carbocycles. The van der Waals surface area contributed by atoms with Crippen molar-refractivity contribution in [3.05, 3.63) is 12.2 Å². The van der Waals surface area contributed by atoms with E-state index in [4.69, 9.17) is 4.74 Å². The van der Waals surface area contributed by atoms with Crippen LogP contribution in [-0.4, -0.2) is 13.1 Å². The Bertz CT molecular complexity index is 209. The highest BCUT2D eigenvalue weighted by molar-refractivity contribution is 5.72. The second kappa shape index (κ2) is 11.7. The third-order valence-corrected chi connectivity index (χ3v) is 3.00. The lowest BCUT2D eigenvalue weighted by Gasteiger charge is -2.11. The van der Waals surface area contributed by atoms with E-state index < -0.39 is 0 Å². The largest absolute Gasteiger partial charge is 0.469 e. The maximum absolute atomic E-state index is 11.5. The molecule has 0 amide bonds. The zero-order valence-corrected chi connectivity index (χ0v) is 11.7. The first kappa shape index (κ1) is 16.2. The summed E-state index contributed by atoms with van der Waals surface area (Å²) in [5.41, 5.74) is 0. The van der Waals surface area contributed by atoms with E-state index in [9.17, 15) is 4.79 Å². The number of hydrogen-bond acceptors (Lipinski definition) is 2. The summed E-state index contributed by atoms with van der Waals surface area (Å²) < 4.78 is 4.83. The number of ether oxygens (including phenoxy) is 1. The highest BCUT2D eigenvalue weighted by Crippen LogP contribution is 2.15. The Kier molecular flexibility index (Phi) is 11.1. The minimum Gasteiger partial charge on any atom is -0.469 e. The summed E-state index contributed by atoms with van der Waals surface area (Å²) in [6.07, 6.45) is 13.3. The number of methoxy groups -OCH3 is 1. The molecule has 0 aliphatic heterocycles. The smallest absolute Gasteiger partial charge is 0.308 e. The Balaban J connectivity index is 3.85. The molecule has 0 aromatic rings. The predicted molar refractivity (Wildman–Crippen MR) is 72.9 cm³/mol. The lowest BCUT2D eigenvalue weighted by Crippen LogP contribution is -2.15. The van der Waals surface area contributed by atoms with Crippen molar-refractivity contribution in [3.8, 4) is 0 Å². The molecule has 2 nitrogen and oxygen atoms in total. The average Bonchev–Trinajstić information content (AvgIpc) is 2.36. The van der Waals surface area contributed by atoms with Crippen LogP contribution in [0.1, 0.15) is 65.2 Å². The van der Waals surface area contributed by atoms with Gasteiger partial charge in [-0.15, -0.1) is 0 Å². The normalized spacial score (nSPS) is 12.9. The van der Waals surface area contributed by atoms with E-state index in [-0.39, 0.29) is 11.9 Å². The number of carbonyl (C=O) groups is 1. The third-order valence-electron chi connectivity index (χ3n) is 3.00. The molecule has 17 heavy (non-hydrogen) atoms. The molecule has 2 heteroatoms. The molecule has 0 aliphatic rings. The van der Waals surface area contributed by atoms with Crippen molar-refractivity contribution in [2.45, 2.75) is 65.2 Å². The number of esters is 1. The van der Waals surface area contributed by atoms with Crippen LogP contribution in [0.5, 0.6) is 0 Å². The van der Waals surface area contributed by atoms with Crippen molar-refractivity contribution in [2.24, 2.45) is 5.92 Å². The topological polar surface area (TPSA) is 26.3 Å². The first-order valence-electron chi connectivity index (χ1n) is 6.99. The quantitative estimate of drug-likeness (QED) is 0.319. The molecule has 0 heterocycles. The van der Waals surface area contributed by atoms with Gasteiger partial charge in [-0.2, -0.15) is 0 Å². The van der Waals surface area contributed by atoms with E-state index in [1.165, 1.54) is 26.4 Å². The maximum atomic E-state index is 11.5. The standard InChI is InChI=1S/C15H28O2/c1-4-6-8-9-10-11-13-14(12-7-5-2)15(16)17-3/h10-11,14H,4-9,12-13H2,1-3H3/b11-10+. The van der Waals surface area contributed by atoms with E-state index in [1.54, 1.807) is 0 Å². The van der Waals surface area contributed by atoms with Crippen molar-refractivity contribution >= 4 is 5.97 Å². The molecule has 0 aromatic heterocycles. The van der Waals surface area contributed by atoms with Gasteiger partial charge in [-0.3, -0.25) is 4.79 Å². The molecule has 1 atom stereocenters. The number of hydrogen-bond donors (Lipinski definition) is 0. The van der Waals surface area contributed by atoms with Crippen LogP contribution in [0.15, 0.2) is 12.2 Å². The molecule has 0 N–H and O–H groups in total. The van der Waals surface area contributed by atoms with Gasteiger partial charge >= 0.3 is 5.97 Å². The Hall–Kier alpha value is -0.790. The highest BCUT2D eigenvalue weighted by Gasteiger charge is 2.16. The monoisotopic (exact) mass is 240 g/mol. The molecule has 0 radical (unpaired) electrons. The van der Waals surface area contributed by atoms with E-state index in [2.05, 4.69) is 26.0 Å². The summed E-state index contributed by atoms with van der Waals surface area (Å²) in [6, 6.07) is 0. The lowest BCUT2D eigenvalue weighted by molar-refractivity contribution is -0.145. The third kappa shape index (κ3) is 8.96. The molecule has 0 saturated heterocycles. The van der Waals surface area contributed by atoms with E-state index in [0.717, 1.165) is 32.1 Å². The molecule has 100 valence electrons. The fourth-order valence-electron chi connectivity index (χ4n) is 1.84. The Labute approximate surface area is 106 Å². The van der Waals surface area contributed by atoms with Crippen LogP contribution in [-0.2, 0) is 9.53 Å². The van der Waals surface area contributed by atoms with Gasteiger partial charge in [0.05, 0.1) is 13.0 Å². The Morgan fingerprint density at radius 1 is 1.12 bits per heavy atom. The minimum atomic E-state index is -0.0586. The van der Waals surface area contributed by atoms with Crippen LogP contribution in [0.3, 0.4) is 0 Å². The fourth-order valence-corrected chi connectivity index (χ4v) is 1.84. The van der Waals surface area contributed by atoms with Crippen LogP contribution in [0, 0.1) is 5.92 Å². The van der Waals surface area contributed by atoms with Gasteiger partial charge in [-0.05, 0) is 25.7 Å². The van der Waals surface area contributed by atoms with Crippen LogP contribution >= 0.6 is 0 Å². The molecule has 0 aromatic carbocycles. The van der Waals surface area contributed by atoms with Gasteiger partial charge < -0.3 is 4.74 Å². The lowest BCUT2D eigenvalue weighted by atomic mass is 9.98. The SMILES string of the molecule is CCCCC/C=C/CC(CCCC)C(=O)OC. The summed E-state index contributed by atoms with van der Waals surface area (Å²) in [5.74, 6) is -0.000895. The van der Waals surface area contributed by atoms with Crippen LogP contribution in [0.4, 0.5) is 0 Å². The van der Waals surface area contributed by atoms with Gasteiger partial charge in [-0.25, -0.2) is 0 Å². The maximum Gasteiger partial charge on any atom is 0.308 e. The molecular formula is C15H28O2. The van der Waals surface area contributed by atoms with Gasteiger partial charge in [0.25, 0.3) is 0 Å². The Morgan fingerprint density at radius 2 is 1.82 bits per heavy atom. The van der Waals surface area contributed by atoms with E-state index >= 15 is 0 Å². The highest BCUT2D eigenvalue weighted by atomic mass is 16.5. The van der Waals surface area contributed by atoms with Crippen LogP contribution in [0.25, 0.3) is 0 Å². The number of carbonyl (C=O) groups excluding carboxylic acids is 1. The van der Waals surface area contributed by atoms with Crippen molar-refractivity contribution < 1.29 is 9.53 Å². The molecule has 0 saturated carbocycles.